The molecular formula is C13H27NO2. The third-order valence-electron chi connectivity index (χ3n) is 2.55. The molecule has 1 atom stereocenters. The van der Waals surface area contributed by atoms with Crippen molar-refractivity contribution in [3.05, 3.63) is 0 Å². The van der Waals surface area contributed by atoms with E-state index in [2.05, 4.69) is 26.1 Å². The lowest BCUT2D eigenvalue weighted by molar-refractivity contribution is -0.148. The highest BCUT2D eigenvalue weighted by atomic mass is 16.5. The molecule has 0 spiro atoms. The second kappa shape index (κ2) is 8.57. The first-order valence-corrected chi connectivity index (χ1v) is 6.37. The van der Waals surface area contributed by atoms with Gasteiger partial charge in [0.2, 0.25) is 0 Å². The summed E-state index contributed by atoms with van der Waals surface area (Å²) in [5.41, 5.74) is 0. The highest BCUT2D eigenvalue weighted by Gasteiger charge is 2.12. The predicted molar refractivity (Wildman–Crippen MR) is 67.3 cm³/mol. The van der Waals surface area contributed by atoms with E-state index in [0.717, 1.165) is 19.4 Å². The van der Waals surface area contributed by atoms with Gasteiger partial charge in [0.05, 0.1) is 5.92 Å². The van der Waals surface area contributed by atoms with Crippen molar-refractivity contribution in [2.24, 2.45) is 11.8 Å². The lowest BCUT2D eigenvalue weighted by Crippen LogP contribution is -2.35. The summed E-state index contributed by atoms with van der Waals surface area (Å²) in [6.45, 7) is 11.7. The Morgan fingerprint density at radius 3 is 2.31 bits per heavy atom. The molecule has 0 bridgehead atoms. The van der Waals surface area contributed by atoms with Crippen molar-refractivity contribution in [1.29, 1.82) is 0 Å². The van der Waals surface area contributed by atoms with Crippen LogP contribution in [-0.4, -0.2) is 25.2 Å². The van der Waals surface area contributed by atoms with Crippen molar-refractivity contribution in [2.45, 2.75) is 53.5 Å². The minimum atomic E-state index is -0.107. The number of hydrogen-bond acceptors (Lipinski definition) is 3. The molecule has 0 rings (SSSR count). The Balaban J connectivity index is 3.70. The van der Waals surface area contributed by atoms with E-state index in [9.17, 15) is 4.79 Å². The van der Waals surface area contributed by atoms with Gasteiger partial charge in [0, 0.05) is 6.04 Å². The van der Waals surface area contributed by atoms with Crippen molar-refractivity contribution in [2.75, 3.05) is 13.2 Å². The zero-order valence-corrected chi connectivity index (χ0v) is 11.4. The maximum absolute atomic E-state index is 11.3. The lowest BCUT2D eigenvalue weighted by Gasteiger charge is -2.18. The topological polar surface area (TPSA) is 38.3 Å². The second-order valence-electron chi connectivity index (χ2n) is 5.03. The molecular weight excluding hydrogens is 202 g/mol. The zero-order chi connectivity index (χ0) is 12.6. The lowest BCUT2D eigenvalue weighted by atomic mass is 10.1. The van der Waals surface area contributed by atoms with Gasteiger partial charge in [-0.2, -0.15) is 0 Å². The van der Waals surface area contributed by atoms with Crippen LogP contribution in [0.4, 0.5) is 0 Å². The van der Waals surface area contributed by atoms with Crippen molar-refractivity contribution in [3.8, 4) is 0 Å². The minimum absolute atomic E-state index is 0.0341. The van der Waals surface area contributed by atoms with E-state index in [-0.39, 0.29) is 11.9 Å². The van der Waals surface area contributed by atoms with E-state index < -0.39 is 0 Å². The standard InChI is InChI=1S/C13H27NO2/c1-6-12(14-8-7-10(2)3)9-16-13(15)11(4)5/h10-12,14H,6-9H2,1-5H3. The van der Waals surface area contributed by atoms with Crippen LogP contribution >= 0.6 is 0 Å². The Hall–Kier alpha value is -0.570. The highest BCUT2D eigenvalue weighted by molar-refractivity contribution is 5.71. The SMILES string of the molecule is CCC(COC(=O)C(C)C)NCCC(C)C. The van der Waals surface area contributed by atoms with Crippen LogP contribution in [0, 0.1) is 11.8 Å². The summed E-state index contributed by atoms with van der Waals surface area (Å²) in [6.07, 6.45) is 2.15. The van der Waals surface area contributed by atoms with Crippen molar-refractivity contribution < 1.29 is 9.53 Å². The van der Waals surface area contributed by atoms with Crippen LogP contribution in [0.1, 0.15) is 47.5 Å². The summed E-state index contributed by atoms with van der Waals surface area (Å²) in [4.78, 5) is 11.3. The normalized spacial score (nSPS) is 13.2. The van der Waals surface area contributed by atoms with E-state index in [1.807, 2.05) is 13.8 Å². The Kier molecular flexibility index (Phi) is 8.26. The molecule has 1 N–H and O–H groups in total. The molecule has 0 aromatic rings. The fraction of sp³-hybridized carbons (Fsp3) is 0.923. The number of esters is 1. The van der Waals surface area contributed by atoms with Gasteiger partial charge in [-0.15, -0.1) is 0 Å². The van der Waals surface area contributed by atoms with Crippen LogP contribution in [0.15, 0.2) is 0 Å². The molecule has 0 aliphatic carbocycles. The Morgan fingerprint density at radius 1 is 1.25 bits per heavy atom. The maximum atomic E-state index is 11.3. The molecule has 0 aliphatic rings. The van der Waals surface area contributed by atoms with Gasteiger partial charge in [0.1, 0.15) is 6.61 Å². The van der Waals surface area contributed by atoms with E-state index in [1.54, 1.807) is 0 Å². The Morgan fingerprint density at radius 2 is 1.88 bits per heavy atom. The number of ether oxygens (including phenoxy) is 1. The van der Waals surface area contributed by atoms with Gasteiger partial charge >= 0.3 is 5.97 Å². The van der Waals surface area contributed by atoms with Gasteiger partial charge in [-0.05, 0) is 25.3 Å². The molecule has 96 valence electrons. The highest BCUT2D eigenvalue weighted by Crippen LogP contribution is 2.01. The number of rotatable bonds is 8. The average Bonchev–Trinajstić information content (AvgIpc) is 2.21. The van der Waals surface area contributed by atoms with E-state index in [1.165, 1.54) is 0 Å². The number of nitrogens with one attached hydrogen (secondary N) is 1. The third-order valence-corrected chi connectivity index (χ3v) is 2.55. The fourth-order valence-corrected chi connectivity index (χ4v) is 1.25. The first kappa shape index (κ1) is 15.4. The molecule has 16 heavy (non-hydrogen) atoms. The van der Waals surface area contributed by atoms with E-state index >= 15 is 0 Å². The Bertz CT molecular complexity index is 190. The molecule has 0 aliphatic heterocycles. The molecule has 0 radical (unpaired) electrons. The van der Waals surface area contributed by atoms with Crippen LogP contribution in [0.2, 0.25) is 0 Å². The quantitative estimate of drug-likeness (QED) is 0.650. The molecule has 0 fully saturated rings. The molecule has 0 saturated heterocycles. The van der Waals surface area contributed by atoms with Crippen molar-refractivity contribution in [3.63, 3.8) is 0 Å². The zero-order valence-electron chi connectivity index (χ0n) is 11.4. The summed E-state index contributed by atoms with van der Waals surface area (Å²) in [5.74, 6) is 0.570. The predicted octanol–water partition coefficient (Wildman–Crippen LogP) is 2.60. The minimum Gasteiger partial charge on any atom is -0.464 e. The van der Waals surface area contributed by atoms with Gasteiger partial charge in [-0.1, -0.05) is 34.6 Å². The number of carbonyl (C=O) groups excluding carboxylic acids is 1. The second-order valence-corrected chi connectivity index (χ2v) is 5.03. The van der Waals surface area contributed by atoms with Gasteiger partial charge in [0.25, 0.3) is 0 Å². The smallest absolute Gasteiger partial charge is 0.308 e. The molecule has 1 unspecified atom stereocenters. The molecule has 3 heteroatoms. The average molecular weight is 229 g/mol. The van der Waals surface area contributed by atoms with Gasteiger partial charge < -0.3 is 10.1 Å². The summed E-state index contributed by atoms with van der Waals surface area (Å²) in [5, 5.41) is 3.42. The van der Waals surface area contributed by atoms with Gasteiger partial charge in [0.15, 0.2) is 0 Å². The molecule has 0 aromatic carbocycles. The largest absolute Gasteiger partial charge is 0.464 e. The van der Waals surface area contributed by atoms with Crippen LogP contribution < -0.4 is 5.32 Å². The molecule has 0 heterocycles. The number of carbonyl (C=O) groups is 1. The summed E-state index contributed by atoms with van der Waals surface area (Å²) in [7, 11) is 0. The first-order chi connectivity index (χ1) is 7.47. The van der Waals surface area contributed by atoms with E-state index in [4.69, 9.17) is 4.74 Å². The maximum Gasteiger partial charge on any atom is 0.308 e. The molecule has 0 aromatic heterocycles. The number of hydrogen-bond donors (Lipinski definition) is 1. The summed E-state index contributed by atoms with van der Waals surface area (Å²) in [6, 6.07) is 0.293. The molecule has 0 amide bonds. The molecule has 0 saturated carbocycles. The van der Waals surface area contributed by atoms with Gasteiger partial charge in [-0.3, -0.25) is 4.79 Å². The van der Waals surface area contributed by atoms with Crippen LogP contribution in [0.5, 0.6) is 0 Å². The van der Waals surface area contributed by atoms with Crippen LogP contribution in [0.25, 0.3) is 0 Å². The monoisotopic (exact) mass is 229 g/mol. The van der Waals surface area contributed by atoms with Crippen LogP contribution in [0.3, 0.4) is 0 Å². The van der Waals surface area contributed by atoms with Gasteiger partial charge in [-0.25, -0.2) is 0 Å². The Labute approximate surface area is 99.9 Å². The van der Waals surface area contributed by atoms with Crippen LogP contribution in [-0.2, 0) is 9.53 Å². The summed E-state index contributed by atoms with van der Waals surface area (Å²) < 4.78 is 5.21. The van der Waals surface area contributed by atoms with Crippen molar-refractivity contribution in [1.82, 2.24) is 5.32 Å². The fourth-order valence-electron chi connectivity index (χ4n) is 1.25. The third kappa shape index (κ3) is 7.69. The molecule has 3 nitrogen and oxygen atoms in total. The summed E-state index contributed by atoms with van der Waals surface area (Å²) >= 11 is 0. The van der Waals surface area contributed by atoms with E-state index in [0.29, 0.717) is 18.6 Å². The van der Waals surface area contributed by atoms with Crippen molar-refractivity contribution >= 4 is 5.97 Å². The first-order valence-electron chi connectivity index (χ1n) is 6.37.